The fraction of sp³-hybridized carbons (Fsp3) is 0.737. The van der Waals surface area contributed by atoms with E-state index in [1.807, 2.05) is 0 Å². The van der Waals surface area contributed by atoms with Crippen LogP contribution < -0.4 is 5.32 Å². The monoisotopic (exact) mass is 463 g/mol. The minimum Gasteiger partial charge on any atom is -0.479 e. The zero-order chi connectivity index (χ0) is 24.2. The van der Waals surface area contributed by atoms with Crippen molar-refractivity contribution in [3.63, 3.8) is 0 Å². The Morgan fingerprint density at radius 2 is 1.75 bits per heavy atom. The zero-order valence-corrected chi connectivity index (χ0v) is 17.8. The quantitative estimate of drug-likeness (QED) is 0.185. The number of amides is 1. The summed E-state index contributed by atoms with van der Waals surface area (Å²) in [5, 5.41) is 43.5. The molecule has 2 aliphatic heterocycles. The molecule has 32 heavy (non-hydrogen) atoms. The molecule has 2 saturated heterocycles. The van der Waals surface area contributed by atoms with Gasteiger partial charge < -0.3 is 49.4 Å². The number of hydrogen-bond acceptors (Lipinski definition) is 11. The lowest BCUT2D eigenvalue weighted by atomic mass is 9.92. The average Bonchev–Trinajstić information content (AvgIpc) is 2.73. The third-order valence-electron chi connectivity index (χ3n) is 5.24. The van der Waals surface area contributed by atoms with Crippen molar-refractivity contribution in [2.45, 2.75) is 75.0 Å². The van der Waals surface area contributed by atoms with Gasteiger partial charge in [-0.15, -0.1) is 0 Å². The van der Waals surface area contributed by atoms with Gasteiger partial charge in [0, 0.05) is 20.1 Å². The third kappa shape index (κ3) is 5.81. The largest absolute Gasteiger partial charge is 0.479 e. The van der Waals surface area contributed by atoms with Gasteiger partial charge in [-0.2, -0.15) is 0 Å². The molecule has 13 heteroatoms. The van der Waals surface area contributed by atoms with Crippen LogP contribution in [0.25, 0.3) is 0 Å². The highest BCUT2D eigenvalue weighted by Crippen LogP contribution is 2.30. The Morgan fingerprint density at radius 1 is 1.09 bits per heavy atom. The minimum atomic E-state index is -1.75. The van der Waals surface area contributed by atoms with Gasteiger partial charge in [-0.3, -0.25) is 4.79 Å². The Labute approximate surface area is 183 Å². The second-order valence-electron chi connectivity index (χ2n) is 7.48. The van der Waals surface area contributed by atoms with Crippen LogP contribution in [0.5, 0.6) is 0 Å². The number of nitrogens with one attached hydrogen (secondary N) is 1. The van der Waals surface area contributed by atoms with E-state index in [0.717, 1.165) is 13.2 Å². The third-order valence-corrected chi connectivity index (χ3v) is 5.24. The van der Waals surface area contributed by atoms with Crippen molar-refractivity contribution in [1.29, 1.82) is 0 Å². The number of aliphatic hydroxyl groups is 3. The molecule has 0 aromatic rings. The molecule has 1 amide bonds. The first-order valence-electron chi connectivity index (χ1n) is 9.84. The molecule has 182 valence electrons. The van der Waals surface area contributed by atoms with Crippen molar-refractivity contribution in [2.24, 2.45) is 0 Å². The van der Waals surface area contributed by atoms with Gasteiger partial charge in [0.05, 0.1) is 12.1 Å². The molecule has 0 aromatic heterocycles. The predicted molar refractivity (Wildman–Crippen MR) is 103 cm³/mol. The maximum Gasteiger partial charge on any atom is 0.335 e. The van der Waals surface area contributed by atoms with Crippen LogP contribution in [0.3, 0.4) is 0 Å². The van der Waals surface area contributed by atoms with E-state index in [4.69, 9.17) is 23.7 Å². The van der Waals surface area contributed by atoms with Gasteiger partial charge in [0.25, 0.3) is 0 Å². The number of carboxylic acids is 1. The molecule has 2 heterocycles. The molecule has 2 rings (SSSR count). The smallest absolute Gasteiger partial charge is 0.335 e. The zero-order valence-electron chi connectivity index (χ0n) is 17.8. The number of hydrogen-bond donors (Lipinski definition) is 5. The molecule has 13 nitrogen and oxygen atoms in total. The van der Waals surface area contributed by atoms with Crippen LogP contribution in [0.4, 0.5) is 0 Å². The lowest BCUT2D eigenvalue weighted by Crippen LogP contribution is -2.67. The lowest BCUT2D eigenvalue weighted by Gasteiger charge is -2.47. The molecule has 2 fully saturated rings. The standard InChI is InChI=1S/C19H29NO12/c1-5-10(22)29-6-9-15(12(23)11(7(2)30-9)20-8(3)21)31-19-14(25)13(24)16(28-4)17(32-19)18(26)27/h5,7,9,11-17,19,23-25H,1,6H2,2-4H3,(H,20,21)(H,26,27)/t7-,9?,11?,12+,13+,14?,15+,16-,17?,19-/m0/s1. The van der Waals surface area contributed by atoms with Gasteiger partial charge >= 0.3 is 11.9 Å². The topological polar surface area (TPSA) is 190 Å². The summed E-state index contributed by atoms with van der Waals surface area (Å²) in [6.07, 6.45) is -11.9. The van der Waals surface area contributed by atoms with E-state index in [1.54, 1.807) is 6.92 Å². The van der Waals surface area contributed by atoms with Crippen molar-refractivity contribution in [3.8, 4) is 0 Å². The van der Waals surface area contributed by atoms with Crippen LogP contribution in [0.1, 0.15) is 13.8 Å². The van der Waals surface area contributed by atoms with Crippen molar-refractivity contribution in [1.82, 2.24) is 5.32 Å². The molecule has 5 N–H and O–H groups in total. The normalized spacial score (nSPS) is 39.7. The van der Waals surface area contributed by atoms with Crippen LogP contribution >= 0.6 is 0 Å². The van der Waals surface area contributed by atoms with E-state index in [9.17, 15) is 34.8 Å². The highest BCUT2D eigenvalue weighted by atomic mass is 16.7. The van der Waals surface area contributed by atoms with Crippen molar-refractivity contribution in [2.75, 3.05) is 13.7 Å². The second-order valence-corrected chi connectivity index (χ2v) is 7.48. The Balaban J connectivity index is 2.28. The molecule has 0 bridgehead atoms. The highest BCUT2D eigenvalue weighted by Gasteiger charge is 2.52. The summed E-state index contributed by atoms with van der Waals surface area (Å²) in [6.45, 7) is 5.69. The van der Waals surface area contributed by atoms with E-state index in [1.165, 1.54) is 6.92 Å². The molecule has 0 aliphatic carbocycles. The summed E-state index contributed by atoms with van der Waals surface area (Å²) in [6, 6.07) is -0.948. The Bertz CT molecular complexity index is 702. The molecule has 2 aliphatic rings. The van der Waals surface area contributed by atoms with Gasteiger partial charge in [-0.25, -0.2) is 9.59 Å². The SMILES string of the molecule is C=CC(=O)OCC1O[C@@H](C)C(NC(C)=O)[C@@H](O)[C@@H]1O[C@H]1OC(C(=O)O)[C@@H](OC)[C@H](O)C1O. The first-order chi connectivity index (χ1) is 15.0. The lowest BCUT2D eigenvalue weighted by molar-refractivity contribution is -0.331. The Morgan fingerprint density at radius 3 is 2.28 bits per heavy atom. The van der Waals surface area contributed by atoms with Gasteiger partial charge in [0.1, 0.15) is 43.2 Å². The fourth-order valence-electron chi connectivity index (χ4n) is 3.67. The molecule has 10 atom stereocenters. The van der Waals surface area contributed by atoms with Crippen LogP contribution in [0.2, 0.25) is 0 Å². The summed E-state index contributed by atoms with van der Waals surface area (Å²) >= 11 is 0. The summed E-state index contributed by atoms with van der Waals surface area (Å²) in [5.41, 5.74) is 0. The predicted octanol–water partition coefficient (Wildman–Crippen LogP) is -2.70. The molecular weight excluding hydrogens is 434 g/mol. The van der Waals surface area contributed by atoms with Crippen LogP contribution in [-0.4, -0.2) is 113 Å². The molecule has 4 unspecified atom stereocenters. The first-order valence-corrected chi connectivity index (χ1v) is 9.84. The van der Waals surface area contributed by atoms with Crippen LogP contribution in [-0.2, 0) is 38.1 Å². The van der Waals surface area contributed by atoms with Crippen molar-refractivity contribution < 1.29 is 58.5 Å². The summed E-state index contributed by atoms with van der Waals surface area (Å²) in [4.78, 5) is 34.5. The molecule has 0 aromatic carbocycles. The number of methoxy groups -OCH3 is 1. The van der Waals surface area contributed by atoms with Gasteiger partial charge in [-0.05, 0) is 6.92 Å². The number of ether oxygens (including phenoxy) is 5. The van der Waals surface area contributed by atoms with E-state index in [-0.39, 0.29) is 0 Å². The molecule has 0 spiro atoms. The number of aliphatic hydroxyl groups excluding tert-OH is 3. The van der Waals surface area contributed by atoms with E-state index < -0.39 is 85.6 Å². The number of carboxylic acid groups (broad SMARTS) is 1. The summed E-state index contributed by atoms with van der Waals surface area (Å²) in [7, 11) is 1.14. The Hall–Kier alpha value is -2.13. The number of aliphatic carboxylic acids is 1. The first kappa shape index (κ1) is 26.1. The summed E-state index contributed by atoms with van der Waals surface area (Å²) < 4.78 is 26.6. The second kappa shape index (κ2) is 11.1. The minimum absolute atomic E-state index is 0.391. The van der Waals surface area contributed by atoms with E-state index in [0.29, 0.717) is 0 Å². The van der Waals surface area contributed by atoms with Crippen molar-refractivity contribution in [3.05, 3.63) is 12.7 Å². The molecular formula is C19H29NO12. The van der Waals surface area contributed by atoms with E-state index in [2.05, 4.69) is 11.9 Å². The number of carbonyl (C=O) groups excluding carboxylic acids is 2. The average molecular weight is 463 g/mol. The molecule has 0 radical (unpaired) electrons. The van der Waals surface area contributed by atoms with Crippen LogP contribution in [0.15, 0.2) is 12.7 Å². The van der Waals surface area contributed by atoms with E-state index >= 15 is 0 Å². The van der Waals surface area contributed by atoms with Crippen LogP contribution in [0, 0.1) is 0 Å². The number of rotatable bonds is 8. The maximum absolute atomic E-state index is 11.5. The molecule has 0 saturated carbocycles. The number of carbonyl (C=O) groups is 3. The van der Waals surface area contributed by atoms with Gasteiger partial charge in [0.2, 0.25) is 5.91 Å². The highest BCUT2D eigenvalue weighted by molar-refractivity contribution is 5.81. The maximum atomic E-state index is 11.5. The number of esters is 1. The van der Waals surface area contributed by atoms with Gasteiger partial charge in [-0.1, -0.05) is 6.58 Å². The van der Waals surface area contributed by atoms with Gasteiger partial charge in [0.15, 0.2) is 12.4 Å². The Kier molecular flexibility index (Phi) is 9.09. The summed E-state index contributed by atoms with van der Waals surface area (Å²) in [5.74, 6) is -2.70. The fourth-order valence-corrected chi connectivity index (χ4v) is 3.67. The van der Waals surface area contributed by atoms with Crippen molar-refractivity contribution >= 4 is 17.8 Å².